The molecule has 1 aromatic carbocycles. The summed E-state index contributed by atoms with van der Waals surface area (Å²) < 4.78 is 31.5. The second-order valence-electron chi connectivity index (χ2n) is 4.73. The minimum Gasteiger partial charge on any atom is -0.398 e. The lowest BCUT2D eigenvalue weighted by Crippen LogP contribution is -2.54. The van der Waals surface area contributed by atoms with Gasteiger partial charge in [0.15, 0.2) is 0 Å². The van der Waals surface area contributed by atoms with Crippen LogP contribution in [0.5, 0.6) is 0 Å². The van der Waals surface area contributed by atoms with E-state index in [0.29, 0.717) is 5.56 Å². The van der Waals surface area contributed by atoms with Crippen molar-refractivity contribution >= 4 is 33.2 Å². The molecule has 0 spiro atoms. The largest absolute Gasteiger partial charge is 0.398 e. The summed E-state index contributed by atoms with van der Waals surface area (Å²) in [4.78, 5) is 11.4. The number of nitrogen functional groups attached to an aromatic ring is 1. The van der Waals surface area contributed by atoms with Crippen molar-refractivity contribution in [3.8, 4) is 0 Å². The predicted molar refractivity (Wildman–Crippen MR) is 78.3 cm³/mol. The van der Waals surface area contributed by atoms with E-state index in [1.54, 1.807) is 6.92 Å². The number of rotatable bonds is 3. The summed E-state index contributed by atoms with van der Waals surface area (Å²) in [5.74, 6) is -0.760. The molecule has 7 nitrogen and oxygen atoms in total. The van der Waals surface area contributed by atoms with Crippen molar-refractivity contribution in [3.63, 3.8) is 0 Å². The van der Waals surface area contributed by atoms with E-state index >= 15 is 0 Å². The van der Waals surface area contributed by atoms with Crippen LogP contribution in [0.25, 0.3) is 0 Å². The topological polar surface area (TPSA) is 116 Å². The Hall–Kier alpha value is -1.35. The van der Waals surface area contributed by atoms with Crippen molar-refractivity contribution < 1.29 is 17.9 Å². The van der Waals surface area contributed by atoms with Crippen LogP contribution in [0.2, 0.25) is 5.02 Å². The van der Waals surface area contributed by atoms with Gasteiger partial charge in [0.05, 0.1) is 18.1 Å². The molecule has 0 saturated carbocycles. The molecule has 9 heteroatoms. The van der Waals surface area contributed by atoms with Crippen LogP contribution < -0.4 is 11.5 Å². The van der Waals surface area contributed by atoms with Gasteiger partial charge in [0.2, 0.25) is 15.9 Å². The molecule has 1 amide bonds. The van der Waals surface area contributed by atoms with Crippen LogP contribution in [0.1, 0.15) is 5.56 Å². The normalized spacial score (nSPS) is 20.4. The SMILES string of the molecule is Cc1c(N)cc(S(=O)(=O)N2CCOCC2C(N)=O)cc1Cl. The molecule has 1 unspecified atom stereocenters. The highest BCUT2D eigenvalue weighted by Crippen LogP contribution is 2.29. The zero-order chi connectivity index (χ0) is 15.8. The molecule has 0 aromatic heterocycles. The lowest BCUT2D eigenvalue weighted by atomic mass is 10.2. The van der Waals surface area contributed by atoms with E-state index in [2.05, 4.69) is 0 Å². The number of morpholine rings is 1. The minimum atomic E-state index is -3.93. The number of carbonyl (C=O) groups is 1. The van der Waals surface area contributed by atoms with Crippen LogP contribution in [-0.4, -0.2) is 44.4 Å². The Morgan fingerprint density at radius 2 is 2.14 bits per heavy atom. The Morgan fingerprint density at radius 3 is 2.71 bits per heavy atom. The lowest BCUT2D eigenvalue weighted by Gasteiger charge is -2.32. The maximum atomic E-state index is 12.7. The average molecular weight is 334 g/mol. The number of halogens is 1. The molecule has 1 aromatic rings. The van der Waals surface area contributed by atoms with E-state index in [1.807, 2.05) is 0 Å². The van der Waals surface area contributed by atoms with Crippen molar-refractivity contribution in [3.05, 3.63) is 22.7 Å². The van der Waals surface area contributed by atoms with Gasteiger partial charge < -0.3 is 16.2 Å². The molecular formula is C12H16ClN3O4S. The number of ether oxygens (including phenoxy) is 1. The molecule has 4 N–H and O–H groups in total. The van der Waals surface area contributed by atoms with Gasteiger partial charge in [0, 0.05) is 17.3 Å². The lowest BCUT2D eigenvalue weighted by molar-refractivity contribution is -0.125. The number of primary amides is 1. The summed E-state index contributed by atoms with van der Waals surface area (Å²) in [6, 6.07) is 1.60. The smallest absolute Gasteiger partial charge is 0.244 e. The Balaban J connectivity index is 2.48. The highest BCUT2D eigenvalue weighted by atomic mass is 35.5. The highest BCUT2D eigenvalue weighted by molar-refractivity contribution is 7.89. The number of benzene rings is 1. The monoisotopic (exact) mass is 333 g/mol. The molecule has 116 valence electrons. The number of anilines is 1. The summed E-state index contributed by atoms with van der Waals surface area (Å²) in [5.41, 5.74) is 11.9. The first-order valence-corrected chi connectivity index (χ1v) is 8.01. The quantitative estimate of drug-likeness (QED) is 0.761. The number of sulfonamides is 1. The molecule has 0 radical (unpaired) electrons. The Morgan fingerprint density at radius 1 is 1.48 bits per heavy atom. The molecule has 1 aliphatic rings. The van der Waals surface area contributed by atoms with Gasteiger partial charge in [-0.05, 0) is 24.6 Å². The third kappa shape index (κ3) is 2.98. The number of hydrogen-bond acceptors (Lipinski definition) is 5. The summed E-state index contributed by atoms with van der Waals surface area (Å²) in [5, 5.41) is 0.248. The summed E-state index contributed by atoms with van der Waals surface area (Å²) in [6.07, 6.45) is 0. The number of nitrogens with two attached hydrogens (primary N) is 2. The molecular weight excluding hydrogens is 318 g/mol. The first-order chi connectivity index (χ1) is 9.75. The van der Waals surface area contributed by atoms with Gasteiger partial charge in [-0.15, -0.1) is 0 Å². The van der Waals surface area contributed by atoms with Crippen molar-refractivity contribution in [2.75, 3.05) is 25.5 Å². The molecule has 21 heavy (non-hydrogen) atoms. The standard InChI is InChI=1S/C12H16ClN3O4S/c1-7-9(13)4-8(5-10(7)14)21(18,19)16-2-3-20-6-11(16)12(15)17/h4-5,11H,2-3,6,14H2,1H3,(H2,15,17). The van der Waals surface area contributed by atoms with Gasteiger partial charge in [0.25, 0.3) is 0 Å². The Kier molecular flexibility index (Phi) is 4.43. The first kappa shape index (κ1) is 16.0. The zero-order valence-electron chi connectivity index (χ0n) is 11.4. The van der Waals surface area contributed by atoms with E-state index in [1.165, 1.54) is 12.1 Å². The summed E-state index contributed by atoms with van der Waals surface area (Å²) >= 11 is 5.98. The summed E-state index contributed by atoms with van der Waals surface area (Å²) in [7, 11) is -3.93. The Bertz CT molecular complexity index is 654. The minimum absolute atomic E-state index is 0.0430. The number of carbonyl (C=O) groups excluding carboxylic acids is 1. The molecule has 1 atom stereocenters. The maximum absolute atomic E-state index is 12.7. The van der Waals surface area contributed by atoms with Gasteiger partial charge in [-0.2, -0.15) is 4.31 Å². The van der Waals surface area contributed by atoms with Crippen molar-refractivity contribution in [1.29, 1.82) is 0 Å². The van der Waals surface area contributed by atoms with Gasteiger partial charge in [-0.25, -0.2) is 8.42 Å². The maximum Gasteiger partial charge on any atom is 0.244 e. The Labute approximate surface area is 127 Å². The number of nitrogens with zero attached hydrogens (tertiary/aromatic N) is 1. The van der Waals surface area contributed by atoms with E-state index in [4.69, 9.17) is 27.8 Å². The fourth-order valence-corrected chi connectivity index (χ4v) is 3.98. The molecule has 2 rings (SSSR count). The zero-order valence-corrected chi connectivity index (χ0v) is 12.9. The second kappa shape index (κ2) is 5.80. The second-order valence-corrected chi connectivity index (χ2v) is 7.03. The average Bonchev–Trinajstić information content (AvgIpc) is 2.44. The van der Waals surface area contributed by atoms with E-state index in [9.17, 15) is 13.2 Å². The van der Waals surface area contributed by atoms with Crippen LogP contribution >= 0.6 is 11.6 Å². The fraction of sp³-hybridized carbons (Fsp3) is 0.417. The summed E-state index contributed by atoms with van der Waals surface area (Å²) in [6.45, 7) is 1.86. The predicted octanol–water partition coefficient (Wildman–Crippen LogP) is 0.105. The number of hydrogen-bond donors (Lipinski definition) is 2. The number of amides is 1. The van der Waals surface area contributed by atoms with Crippen molar-refractivity contribution in [2.45, 2.75) is 17.9 Å². The van der Waals surface area contributed by atoms with Gasteiger partial charge >= 0.3 is 0 Å². The van der Waals surface area contributed by atoms with E-state index in [0.717, 1.165) is 4.31 Å². The third-order valence-electron chi connectivity index (χ3n) is 3.37. The van der Waals surface area contributed by atoms with Gasteiger partial charge in [0.1, 0.15) is 6.04 Å². The molecule has 0 aliphatic carbocycles. The molecule has 0 bridgehead atoms. The van der Waals surface area contributed by atoms with Crippen LogP contribution in [-0.2, 0) is 19.6 Å². The molecule has 1 aliphatic heterocycles. The first-order valence-electron chi connectivity index (χ1n) is 6.19. The van der Waals surface area contributed by atoms with Crippen molar-refractivity contribution in [1.82, 2.24) is 4.31 Å². The molecule has 1 saturated heterocycles. The van der Waals surface area contributed by atoms with Crippen LogP contribution in [0, 0.1) is 6.92 Å². The van der Waals surface area contributed by atoms with Crippen LogP contribution in [0.4, 0.5) is 5.69 Å². The van der Waals surface area contributed by atoms with Gasteiger partial charge in [-0.1, -0.05) is 11.6 Å². The van der Waals surface area contributed by atoms with Gasteiger partial charge in [-0.3, -0.25) is 4.79 Å². The van der Waals surface area contributed by atoms with Crippen molar-refractivity contribution in [2.24, 2.45) is 5.73 Å². The molecule has 1 heterocycles. The third-order valence-corrected chi connectivity index (χ3v) is 5.65. The highest BCUT2D eigenvalue weighted by Gasteiger charge is 2.37. The van der Waals surface area contributed by atoms with Crippen LogP contribution in [0.15, 0.2) is 17.0 Å². The molecule has 1 fully saturated rings. The van der Waals surface area contributed by atoms with E-state index in [-0.39, 0.29) is 35.4 Å². The van der Waals surface area contributed by atoms with E-state index < -0.39 is 22.0 Å². The van der Waals surface area contributed by atoms with Crippen LogP contribution in [0.3, 0.4) is 0 Å². The fourth-order valence-electron chi connectivity index (χ4n) is 2.06.